The quantitative estimate of drug-likeness (QED) is 0.415. The minimum Gasteiger partial charge on any atom is -0.493 e. The third-order valence-electron chi connectivity index (χ3n) is 5.00. The van der Waals surface area contributed by atoms with Crippen LogP contribution in [-0.2, 0) is 32.8 Å². The fourth-order valence-electron chi connectivity index (χ4n) is 3.35. The smallest absolute Gasteiger partial charge is 0.339 e. The van der Waals surface area contributed by atoms with Gasteiger partial charge in [-0.1, -0.05) is 19.9 Å². The molecule has 0 bridgehead atoms. The van der Waals surface area contributed by atoms with Gasteiger partial charge in [-0.05, 0) is 54.1 Å². The van der Waals surface area contributed by atoms with E-state index >= 15 is 0 Å². The van der Waals surface area contributed by atoms with Gasteiger partial charge in [0.15, 0.2) is 11.5 Å². The van der Waals surface area contributed by atoms with Crippen LogP contribution >= 0.6 is 0 Å². The minimum atomic E-state index is -4.20. The van der Waals surface area contributed by atoms with E-state index in [9.17, 15) is 18.0 Å². The molecule has 2 aromatic carbocycles. The highest BCUT2D eigenvalue weighted by atomic mass is 32.2. The van der Waals surface area contributed by atoms with E-state index in [-0.39, 0.29) is 47.2 Å². The topological polar surface area (TPSA) is 115 Å². The van der Waals surface area contributed by atoms with Gasteiger partial charge in [0.1, 0.15) is 10.7 Å². The Bertz CT molecular complexity index is 1270. The highest BCUT2D eigenvalue weighted by Gasteiger charge is 2.22. The summed E-state index contributed by atoms with van der Waals surface area (Å²) >= 11 is 0. The molecule has 0 atom stereocenters. The predicted molar refractivity (Wildman–Crippen MR) is 129 cm³/mol. The normalized spacial score (nSPS) is 11.2. The van der Waals surface area contributed by atoms with Gasteiger partial charge >= 0.3 is 10.1 Å². The van der Waals surface area contributed by atoms with Gasteiger partial charge in [-0.3, -0.25) is 9.59 Å². The van der Waals surface area contributed by atoms with E-state index in [1.54, 1.807) is 35.4 Å². The average molecular weight is 501 g/mol. The summed E-state index contributed by atoms with van der Waals surface area (Å²) in [6, 6.07) is 14.0. The maximum atomic E-state index is 12.9. The highest BCUT2D eigenvalue weighted by molar-refractivity contribution is 7.87. The van der Waals surface area contributed by atoms with Gasteiger partial charge in [0, 0.05) is 25.1 Å². The molecule has 35 heavy (non-hydrogen) atoms. The van der Waals surface area contributed by atoms with Gasteiger partial charge < -0.3 is 23.6 Å². The Morgan fingerprint density at radius 3 is 2.31 bits per heavy atom. The molecule has 0 fully saturated rings. The number of furan rings is 1. The number of hydrogen-bond donors (Lipinski definition) is 1. The zero-order chi connectivity index (χ0) is 25.6. The molecule has 0 unspecified atom stereocenters. The highest BCUT2D eigenvalue weighted by Crippen LogP contribution is 2.32. The Balaban J connectivity index is 1.85. The number of carbonyl (C=O) groups is 2. The molecular weight excluding hydrogens is 472 g/mol. The number of anilines is 1. The molecule has 1 heterocycles. The van der Waals surface area contributed by atoms with Crippen LogP contribution in [-0.4, -0.2) is 32.2 Å². The monoisotopic (exact) mass is 500 g/mol. The molecule has 3 aromatic rings. The van der Waals surface area contributed by atoms with Crippen molar-refractivity contribution >= 4 is 27.6 Å². The number of ether oxygens (including phenoxy) is 1. The molecule has 0 saturated carbocycles. The van der Waals surface area contributed by atoms with Crippen LogP contribution in [0.4, 0.5) is 5.69 Å². The first-order valence-corrected chi connectivity index (χ1v) is 12.3. The van der Waals surface area contributed by atoms with Gasteiger partial charge in [-0.25, -0.2) is 0 Å². The summed E-state index contributed by atoms with van der Waals surface area (Å²) < 4.78 is 41.9. The van der Waals surface area contributed by atoms with E-state index in [0.29, 0.717) is 17.0 Å². The SMILES string of the molecule is COc1ccc(CN(Cc2ccco2)C(=O)C(C)C)cc1OS(=O)(=O)c1ccc(NC(C)=O)cc1. The second-order valence-corrected chi connectivity index (χ2v) is 9.70. The molecule has 186 valence electrons. The summed E-state index contributed by atoms with van der Waals surface area (Å²) in [4.78, 5) is 25.5. The third-order valence-corrected chi connectivity index (χ3v) is 6.25. The van der Waals surface area contributed by atoms with Crippen molar-refractivity contribution in [3.8, 4) is 11.5 Å². The third kappa shape index (κ3) is 6.86. The zero-order valence-electron chi connectivity index (χ0n) is 20.0. The van der Waals surface area contributed by atoms with Crippen molar-refractivity contribution in [3.63, 3.8) is 0 Å². The predicted octanol–water partition coefficient (Wildman–Crippen LogP) is 4.20. The van der Waals surface area contributed by atoms with E-state index in [1.807, 2.05) is 13.8 Å². The van der Waals surface area contributed by atoms with Crippen LogP contribution in [0.2, 0.25) is 0 Å². The summed E-state index contributed by atoms with van der Waals surface area (Å²) in [6.07, 6.45) is 1.54. The lowest BCUT2D eigenvalue weighted by Gasteiger charge is -2.24. The van der Waals surface area contributed by atoms with Crippen molar-refractivity contribution in [1.29, 1.82) is 0 Å². The van der Waals surface area contributed by atoms with E-state index in [0.717, 1.165) is 0 Å². The summed E-state index contributed by atoms with van der Waals surface area (Å²) in [7, 11) is -2.79. The molecule has 1 aromatic heterocycles. The molecule has 2 amide bonds. The van der Waals surface area contributed by atoms with Gasteiger partial charge in [0.05, 0.1) is 19.9 Å². The van der Waals surface area contributed by atoms with Gasteiger partial charge in [-0.2, -0.15) is 8.42 Å². The number of rotatable bonds is 10. The largest absolute Gasteiger partial charge is 0.493 e. The fraction of sp³-hybridized carbons (Fsp3) is 0.280. The van der Waals surface area contributed by atoms with E-state index in [2.05, 4.69) is 5.32 Å². The summed E-state index contributed by atoms with van der Waals surface area (Å²) in [5.41, 5.74) is 1.11. The first-order chi connectivity index (χ1) is 16.6. The van der Waals surface area contributed by atoms with E-state index < -0.39 is 10.1 Å². The lowest BCUT2D eigenvalue weighted by Crippen LogP contribution is -2.33. The minimum absolute atomic E-state index is 0.00844. The van der Waals surface area contributed by atoms with Crippen molar-refractivity contribution in [2.75, 3.05) is 12.4 Å². The molecule has 0 aliphatic carbocycles. The second kappa shape index (κ2) is 11.1. The number of benzene rings is 2. The fourth-order valence-corrected chi connectivity index (χ4v) is 4.28. The van der Waals surface area contributed by atoms with E-state index in [1.165, 1.54) is 44.4 Å². The number of nitrogens with zero attached hydrogens (tertiary/aromatic N) is 1. The molecular formula is C25H28N2O7S. The Hall–Kier alpha value is -3.79. The van der Waals surface area contributed by atoms with Crippen LogP contribution in [0.25, 0.3) is 0 Å². The van der Waals surface area contributed by atoms with Crippen LogP contribution in [0.15, 0.2) is 70.2 Å². The molecule has 0 saturated heterocycles. The molecule has 3 rings (SSSR count). The molecule has 1 N–H and O–H groups in total. The average Bonchev–Trinajstić information content (AvgIpc) is 3.31. The van der Waals surface area contributed by atoms with Crippen LogP contribution in [0.1, 0.15) is 32.1 Å². The first kappa shape index (κ1) is 25.8. The zero-order valence-corrected chi connectivity index (χ0v) is 20.8. The maximum absolute atomic E-state index is 12.9. The number of carbonyl (C=O) groups excluding carboxylic acids is 2. The van der Waals surface area contributed by atoms with Crippen LogP contribution in [0, 0.1) is 5.92 Å². The van der Waals surface area contributed by atoms with Gasteiger partial charge in [0.25, 0.3) is 0 Å². The van der Waals surface area contributed by atoms with Crippen molar-refractivity contribution in [1.82, 2.24) is 4.90 Å². The molecule has 0 aliphatic heterocycles. The summed E-state index contributed by atoms with van der Waals surface area (Å²) in [6.45, 7) is 5.46. The summed E-state index contributed by atoms with van der Waals surface area (Å²) in [5, 5.41) is 2.58. The van der Waals surface area contributed by atoms with Crippen molar-refractivity contribution in [2.24, 2.45) is 5.92 Å². The maximum Gasteiger partial charge on any atom is 0.339 e. The van der Waals surface area contributed by atoms with Crippen molar-refractivity contribution in [3.05, 3.63) is 72.2 Å². The van der Waals surface area contributed by atoms with Crippen LogP contribution < -0.4 is 14.2 Å². The van der Waals surface area contributed by atoms with Gasteiger partial charge in [0.2, 0.25) is 11.8 Å². The molecule has 10 heteroatoms. The van der Waals surface area contributed by atoms with Crippen LogP contribution in [0.3, 0.4) is 0 Å². The Morgan fingerprint density at radius 2 is 1.74 bits per heavy atom. The number of hydrogen-bond acceptors (Lipinski definition) is 7. The van der Waals surface area contributed by atoms with Crippen molar-refractivity contribution < 1.29 is 31.3 Å². The Morgan fingerprint density at radius 1 is 1.03 bits per heavy atom. The van der Waals surface area contributed by atoms with Crippen molar-refractivity contribution in [2.45, 2.75) is 38.8 Å². The van der Waals surface area contributed by atoms with Crippen LogP contribution in [0.5, 0.6) is 11.5 Å². The molecule has 0 spiro atoms. The summed E-state index contributed by atoms with van der Waals surface area (Å²) in [5.74, 6) is 0.266. The first-order valence-electron chi connectivity index (χ1n) is 10.9. The number of nitrogens with one attached hydrogen (secondary N) is 1. The van der Waals surface area contributed by atoms with E-state index in [4.69, 9.17) is 13.3 Å². The second-order valence-electron chi connectivity index (χ2n) is 8.16. The lowest BCUT2D eigenvalue weighted by molar-refractivity contribution is -0.136. The Kier molecular flexibility index (Phi) is 8.18. The number of amides is 2. The Labute approximate surface area is 204 Å². The standard InChI is InChI=1S/C25H28N2O7S/c1-17(2)25(29)27(16-21-6-5-13-33-21)15-19-7-12-23(32-4)24(14-19)34-35(30,31)22-10-8-20(9-11-22)26-18(3)28/h5-14,17H,15-16H2,1-4H3,(H,26,28). The number of methoxy groups -OCH3 is 1. The molecule has 9 nitrogen and oxygen atoms in total. The molecule has 0 radical (unpaired) electrons. The lowest BCUT2D eigenvalue weighted by atomic mass is 10.1. The van der Waals surface area contributed by atoms with Gasteiger partial charge in [-0.15, -0.1) is 0 Å². The molecule has 0 aliphatic rings.